The number of anilines is 1. The number of benzene rings is 1. The van der Waals surface area contributed by atoms with E-state index in [2.05, 4.69) is 0 Å². The summed E-state index contributed by atoms with van der Waals surface area (Å²) in [6.45, 7) is 6.11. The molecule has 0 aromatic heterocycles. The molecule has 2 unspecified atom stereocenters. The largest absolute Gasteiger partial charge is 0.465 e. The Hall–Kier alpha value is -3.36. The summed E-state index contributed by atoms with van der Waals surface area (Å²) in [6, 6.07) is 7.04. The lowest BCUT2D eigenvalue weighted by Crippen LogP contribution is -2.50. The second kappa shape index (κ2) is 7.47. The van der Waals surface area contributed by atoms with Crippen LogP contribution >= 0.6 is 0 Å². The van der Waals surface area contributed by atoms with E-state index in [4.69, 9.17) is 14.2 Å². The molecule has 0 aliphatic carbocycles. The molecule has 2 aliphatic heterocycles. The maximum Gasteiger partial charge on any atom is 0.417 e. The van der Waals surface area contributed by atoms with E-state index in [-0.39, 0.29) is 17.4 Å². The molecular formula is C21H24N2O7. The molecule has 2 aliphatic rings. The molecule has 0 saturated carbocycles. The lowest BCUT2D eigenvalue weighted by Gasteiger charge is -2.35. The molecule has 160 valence electrons. The van der Waals surface area contributed by atoms with Crippen LogP contribution in [0.3, 0.4) is 0 Å². The summed E-state index contributed by atoms with van der Waals surface area (Å²) in [6.07, 6.45) is -1.75. The fourth-order valence-corrected chi connectivity index (χ4v) is 4.45. The van der Waals surface area contributed by atoms with Crippen molar-refractivity contribution in [1.82, 2.24) is 4.90 Å². The number of hydrogen-bond acceptors (Lipinski definition) is 7. The molecule has 1 aromatic rings. The van der Waals surface area contributed by atoms with Crippen LogP contribution in [0.5, 0.6) is 0 Å². The summed E-state index contributed by atoms with van der Waals surface area (Å²) in [5.41, 5.74) is -0.0242. The minimum atomic E-state index is -1.18. The highest BCUT2D eigenvalue weighted by molar-refractivity contribution is 6.02. The molecule has 0 fully saturated rings. The number of carbonyl (C=O) groups is 4. The number of amides is 3. The van der Waals surface area contributed by atoms with Crippen LogP contribution in [-0.4, -0.2) is 49.2 Å². The summed E-state index contributed by atoms with van der Waals surface area (Å²) in [5.74, 6) is -2.53. The van der Waals surface area contributed by atoms with Crippen molar-refractivity contribution in [2.75, 3.05) is 19.1 Å². The number of rotatable bonds is 3. The first-order valence-electron chi connectivity index (χ1n) is 9.42. The molecular weight excluding hydrogens is 392 g/mol. The van der Waals surface area contributed by atoms with Gasteiger partial charge in [-0.05, 0) is 17.5 Å². The number of hydrogen-bond donors (Lipinski definition) is 0. The molecule has 0 bridgehead atoms. The van der Waals surface area contributed by atoms with Gasteiger partial charge in [-0.2, -0.15) is 0 Å². The predicted octanol–water partition coefficient (Wildman–Crippen LogP) is 2.30. The van der Waals surface area contributed by atoms with E-state index in [1.807, 2.05) is 13.8 Å². The first kappa shape index (κ1) is 21.4. The molecule has 9 nitrogen and oxygen atoms in total. The van der Waals surface area contributed by atoms with E-state index in [1.54, 1.807) is 24.3 Å². The van der Waals surface area contributed by atoms with Gasteiger partial charge >= 0.3 is 12.1 Å². The Morgan fingerprint density at radius 2 is 1.67 bits per heavy atom. The molecule has 3 rings (SSSR count). The van der Waals surface area contributed by atoms with E-state index in [9.17, 15) is 19.2 Å². The SMILES string of the molecule is COC(=O)C1=C(N(C(C)=O)C(C)=O)OC2N(C(=O)OC)c3ccccc3C12C(C)C. The van der Waals surface area contributed by atoms with Crippen molar-refractivity contribution in [3.63, 3.8) is 0 Å². The molecule has 0 spiro atoms. The molecule has 2 atom stereocenters. The molecule has 9 heteroatoms. The summed E-state index contributed by atoms with van der Waals surface area (Å²) in [4.78, 5) is 52.4. The van der Waals surface area contributed by atoms with Crippen molar-refractivity contribution in [3.8, 4) is 0 Å². The highest BCUT2D eigenvalue weighted by Gasteiger charge is 2.66. The average Bonchev–Trinajstić information content (AvgIpc) is 3.16. The highest BCUT2D eigenvalue weighted by Crippen LogP contribution is 2.59. The average molecular weight is 416 g/mol. The number of para-hydroxylation sites is 1. The van der Waals surface area contributed by atoms with Crippen LogP contribution in [-0.2, 0) is 34.0 Å². The summed E-state index contributed by atoms with van der Waals surface area (Å²) in [5, 5.41) is 0. The number of fused-ring (bicyclic) bond motifs is 3. The van der Waals surface area contributed by atoms with Gasteiger partial charge in [-0.1, -0.05) is 32.0 Å². The third-order valence-corrected chi connectivity index (χ3v) is 5.59. The number of methoxy groups -OCH3 is 2. The third kappa shape index (κ3) is 2.68. The van der Waals surface area contributed by atoms with Gasteiger partial charge in [0.05, 0.1) is 25.3 Å². The van der Waals surface area contributed by atoms with Gasteiger partial charge in [0.25, 0.3) is 0 Å². The van der Waals surface area contributed by atoms with Gasteiger partial charge in [-0.15, -0.1) is 0 Å². The van der Waals surface area contributed by atoms with Crippen molar-refractivity contribution < 1.29 is 33.4 Å². The van der Waals surface area contributed by atoms with Gasteiger partial charge in [0, 0.05) is 13.8 Å². The van der Waals surface area contributed by atoms with Crippen LogP contribution in [0.2, 0.25) is 0 Å². The zero-order valence-corrected chi connectivity index (χ0v) is 17.7. The summed E-state index contributed by atoms with van der Waals surface area (Å²) in [7, 11) is 2.45. The van der Waals surface area contributed by atoms with Crippen LogP contribution < -0.4 is 4.90 Å². The number of ether oxygens (including phenoxy) is 3. The molecule has 0 radical (unpaired) electrons. The number of nitrogens with zero attached hydrogens (tertiary/aromatic N) is 2. The summed E-state index contributed by atoms with van der Waals surface area (Å²) < 4.78 is 16.1. The standard InChI is InChI=1S/C21H24N2O7/c1-11(2)21-14-9-7-8-10-15(14)23(20(27)29-6)19(21)30-17(16(21)18(26)28-5)22(12(3)24)13(4)25/h7-11,19H,1-6H3. The van der Waals surface area contributed by atoms with Crippen molar-refractivity contribution in [2.24, 2.45) is 5.92 Å². The van der Waals surface area contributed by atoms with Crippen molar-refractivity contribution >= 4 is 29.6 Å². The first-order chi connectivity index (χ1) is 14.1. The second-order valence-electron chi connectivity index (χ2n) is 7.40. The van der Waals surface area contributed by atoms with E-state index in [0.717, 1.165) is 4.90 Å². The minimum Gasteiger partial charge on any atom is -0.465 e. The lowest BCUT2D eigenvalue weighted by molar-refractivity contribution is -0.143. The number of esters is 1. The Labute approximate surface area is 174 Å². The van der Waals surface area contributed by atoms with Crippen LogP contribution in [0.15, 0.2) is 35.7 Å². The van der Waals surface area contributed by atoms with Gasteiger partial charge in [-0.3, -0.25) is 9.59 Å². The predicted molar refractivity (Wildman–Crippen MR) is 105 cm³/mol. The lowest BCUT2D eigenvalue weighted by atomic mass is 9.67. The van der Waals surface area contributed by atoms with Gasteiger partial charge in [0.2, 0.25) is 17.7 Å². The van der Waals surface area contributed by atoms with Crippen molar-refractivity contribution in [1.29, 1.82) is 0 Å². The monoisotopic (exact) mass is 416 g/mol. The van der Waals surface area contributed by atoms with Gasteiger partial charge in [0.1, 0.15) is 5.57 Å². The summed E-state index contributed by atoms with van der Waals surface area (Å²) >= 11 is 0. The van der Waals surface area contributed by atoms with Crippen LogP contribution in [0.1, 0.15) is 33.3 Å². The minimum absolute atomic E-state index is 0.00857. The van der Waals surface area contributed by atoms with Gasteiger partial charge in [0.15, 0.2) is 6.23 Å². The zero-order valence-electron chi connectivity index (χ0n) is 17.7. The van der Waals surface area contributed by atoms with Crippen LogP contribution in [0, 0.1) is 5.92 Å². The Morgan fingerprint density at radius 3 is 2.17 bits per heavy atom. The number of carbonyl (C=O) groups excluding carboxylic acids is 4. The molecule has 0 saturated heterocycles. The van der Waals surface area contributed by atoms with E-state index in [1.165, 1.54) is 33.0 Å². The Bertz CT molecular complexity index is 954. The topological polar surface area (TPSA) is 102 Å². The first-order valence-corrected chi connectivity index (χ1v) is 9.42. The van der Waals surface area contributed by atoms with Crippen molar-refractivity contribution in [2.45, 2.75) is 39.3 Å². The fraction of sp³-hybridized carbons (Fsp3) is 0.429. The zero-order chi connectivity index (χ0) is 22.4. The third-order valence-electron chi connectivity index (χ3n) is 5.59. The second-order valence-corrected chi connectivity index (χ2v) is 7.40. The quantitative estimate of drug-likeness (QED) is 0.697. The maximum absolute atomic E-state index is 13.0. The molecule has 3 amide bonds. The fourth-order valence-electron chi connectivity index (χ4n) is 4.45. The van der Waals surface area contributed by atoms with E-state index in [0.29, 0.717) is 11.3 Å². The van der Waals surface area contributed by atoms with Gasteiger partial charge < -0.3 is 14.2 Å². The smallest absolute Gasteiger partial charge is 0.417 e. The highest BCUT2D eigenvalue weighted by atomic mass is 16.6. The van der Waals surface area contributed by atoms with Crippen molar-refractivity contribution in [3.05, 3.63) is 41.3 Å². The molecule has 2 heterocycles. The van der Waals surface area contributed by atoms with Gasteiger partial charge in [-0.25, -0.2) is 19.4 Å². The van der Waals surface area contributed by atoms with Crippen LogP contribution in [0.4, 0.5) is 10.5 Å². The number of imide groups is 1. The normalized spacial score (nSPS) is 21.7. The van der Waals surface area contributed by atoms with Crippen LogP contribution in [0.25, 0.3) is 0 Å². The Balaban J connectivity index is 2.42. The molecule has 1 aromatic carbocycles. The molecule has 30 heavy (non-hydrogen) atoms. The van der Waals surface area contributed by atoms with E-state index < -0.39 is 35.5 Å². The Morgan fingerprint density at radius 1 is 1.07 bits per heavy atom. The molecule has 0 N–H and O–H groups in total. The van der Waals surface area contributed by atoms with E-state index >= 15 is 0 Å². The Kier molecular flexibility index (Phi) is 5.32. The maximum atomic E-state index is 13.0.